The van der Waals surface area contributed by atoms with Gasteiger partial charge in [-0.1, -0.05) is 51.4 Å². The Morgan fingerprint density at radius 3 is 2.14 bits per heavy atom. The topological polar surface area (TPSA) is 60.0 Å². The summed E-state index contributed by atoms with van der Waals surface area (Å²) in [6.45, 7) is 10.1. The van der Waals surface area contributed by atoms with Gasteiger partial charge in [0.15, 0.2) is 6.04 Å². The molecule has 0 saturated heterocycles. The summed E-state index contributed by atoms with van der Waals surface area (Å²) in [7, 11) is 0. The number of carbonyl (C=O) groups is 1. The quantitative estimate of drug-likeness (QED) is 0.325. The minimum Gasteiger partial charge on any atom is -0.337 e. The van der Waals surface area contributed by atoms with E-state index in [1.165, 1.54) is 10.6 Å². The molecule has 200 valence electrons. The minimum absolute atomic E-state index is 0.0889. The third-order valence-corrected chi connectivity index (χ3v) is 5.34. The Kier molecular flexibility index (Phi) is 11.3. The van der Waals surface area contributed by atoms with Crippen molar-refractivity contribution in [3.05, 3.63) is 69.9 Å². The molecule has 1 heterocycles. The molecule has 3 N–H and O–H groups in total. The van der Waals surface area contributed by atoms with Crippen molar-refractivity contribution in [3.8, 4) is 0 Å². The van der Waals surface area contributed by atoms with Crippen LogP contribution in [0.4, 0.5) is 26.3 Å². The number of carbonyl (C=O) groups excluding carboxylic acids is 1. The lowest BCUT2D eigenvalue weighted by Crippen LogP contribution is -2.39. The van der Waals surface area contributed by atoms with Crippen LogP contribution in [-0.4, -0.2) is 16.7 Å². The molecule has 3 rings (SSSR count). The molecule has 0 radical (unpaired) electrons. The highest BCUT2D eigenvalue weighted by Crippen LogP contribution is 2.37. The van der Waals surface area contributed by atoms with E-state index in [1.54, 1.807) is 19.1 Å². The highest BCUT2D eigenvalue weighted by molar-refractivity contribution is 6.32. The van der Waals surface area contributed by atoms with E-state index in [-0.39, 0.29) is 18.8 Å². The molecule has 0 aliphatic rings. The van der Waals surface area contributed by atoms with Gasteiger partial charge in [0, 0.05) is 23.5 Å². The molecule has 1 amide bonds. The molecule has 0 bridgehead atoms. The normalized spacial score (nSPS) is 12.2. The molecule has 1 unspecified atom stereocenters. The largest absolute Gasteiger partial charge is 0.416 e. The van der Waals surface area contributed by atoms with Crippen molar-refractivity contribution in [2.45, 2.75) is 66.1 Å². The second-order valence-corrected chi connectivity index (χ2v) is 7.46. The summed E-state index contributed by atoms with van der Waals surface area (Å²) in [6, 6.07) is 4.74. The van der Waals surface area contributed by atoms with Crippen LogP contribution in [-0.2, 0) is 19.3 Å². The summed E-state index contributed by atoms with van der Waals surface area (Å²) < 4.78 is 81.5. The number of aryl methyl sites for hydroxylation is 1. The number of aromatic nitrogens is 1. The number of fused-ring (bicyclic) bond motifs is 1. The van der Waals surface area contributed by atoms with Crippen molar-refractivity contribution < 1.29 is 31.1 Å². The first kappa shape index (κ1) is 31.3. The SMILES string of the molecule is CC.CC.CCn1c(C(=O)NC(c2cccc(C(F)(F)F)c2)C(F)(F)F)cc2cc(CN)c(Cl)cc21. The first-order chi connectivity index (χ1) is 16.9. The number of hydrogen-bond acceptors (Lipinski definition) is 2. The Balaban J connectivity index is 0.00000154. The van der Waals surface area contributed by atoms with Crippen molar-refractivity contribution in [2.75, 3.05) is 0 Å². The number of rotatable bonds is 5. The van der Waals surface area contributed by atoms with Gasteiger partial charge in [-0.2, -0.15) is 26.3 Å². The minimum atomic E-state index is -5.03. The zero-order valence-electron chi connectivity index (χ0n) is 20.6. The molecular formula is C25H30ClF6N3O. The average Bonchev–Trinajstić information content (AvgIpc) is 3.20. The third kappa shape index (κ3) is 7.16. The number of benzene rings is 2. The van der Waals surface area contributed by atoms with Gasteiger partial charge >= 0.3 is 12.4 Å². The number of nitrogens with two attached hydrogens (primary N) is 1. The summed E-state index contributed by atoms with van der Waals surface area (Å²) in [6.07, 6.45) is -9.86. The standard InChI is InChI=1S/C21H18ClF6N3O.2C2H6/c1-2-31-16-9-15(22)13(10-29)6-12(16)8-17(31)19(32)30-18(21(26,27)28)11-4-3-5-14(7-11)20(23,24)25;2*1-2/h3-9,18H,2,10,29H2,1H3,(H,30,32);2*1-2H3. The van der Waals surface area contributed by atoms with E-state index in [4.69, 9.17) is 17.3 Å². The van der Waals surface area contributed by atoms with Gasteiger partial charge in [-0.15, -0.1) is 0 Å². The van der Waals surface area contributed by atoms with Crippen LogP contribution in [0.5, 0.6) is 0 Å². The zero-order valence-corrected chi connectivity index (χ0v) is 21.4. The second kappa shape index (κ2) is 13.0. The van der Waals surface area contributed by atoms with E-state index in [2.05, 4.69) is 0 Å². The third-order valence-electron chi connectivity index (χ3n) is 4.99. The van der Waals surface area contributed by atoms with Gasteiger partial charge in [0.2, 0.25) is 0 Å². The lowest BCUT2D eigenvalue weighted by atomic mass is 10.0. The van der Waals surface area contributed by atoms with Crippen molar-refractivity contribution in [2.24, 2.45) is 5.73 Å². The summed E-state index contributed by atoms with van der Waals surface area (Å²) in [5, 5.41) is 2.73. The average molecular weight is 538 g/mol. The van der Waals surface area contributed by atoms with Crippen LogP contribution in [0.2, 0.25) is 5.02 Å². The van der Waals surface area contributed by atoms with Crippen molar-refractivity contribution in [3.63, 3.8) is 0 Å². The second-order valence-electron chi connectivity index (χ2n) is 7.05. The smallest absolute Gasteiger partial charge is 0.337 e. The fourth-order valence-corrected chi connectivity index (χ4v) is 3.71. The lowest BCUT2D eigenvalue weighted by Gasteiger charge is -2.23. The van der Waals surface area contributed by atoms with Crippen LogP contribution in [0.25, 0.3) is 10.9 Å². The molecule has 0 fully saturated rings. The van der Waals surface area contributed by atoms with Gasteiger partial charge < -0.3 is 15.6 Å². The van der Waals surface area contributed by atoms with Crippen molar-refractivity contribution in [1.29, 1.82) is 0 Å². The molecule has 3 aromatic rings. The van der Waals surface area contributed by atoms with Crippen LogP contribution in [0.1, 0.15) is 67.8 Å². The summed E-state index contributed by atoms with van der Waals surface area (Å²) in [5.41, 5.74) is 4.67. The van der Waals surface area contributed by atoms with Gasteiger partial charge in [0.25, 0.3) is 5.91 Å². The predicted octanol–water partition coefficient (Wildman–Crippen LogP) is 7.88. The van der Waals surface area contributed by atoms with Crippen LogP contribution < -0.4 is 11.1 Å². The number of nitrogens with zero attached hydrogens (tertiary/aromatic N) is 1. The summed E-state index contributed by atoms with van der Waals surface area (Å²) in [5.74, 6) is -1.09. The molecule has 1 atom stereocenters. The fraction of sp³-hybridized carbons (Fsp3) is 0.400. The Hall–Kier alpha value is -2.72. The number of amides is 1. The van der Waals surface area contributed by atoms with Crippen LogP contribution in [0, 0.1) is 0 Å². The zero-order chi connectivity index (χ0) is 27.8. The van der Waals surface area contributed by atoms with Gasteiger partial charge in [-0.05, 0) is 48.4 Å². The number of hydrogen-bond donors (Lipinski definition) is 2. The van der Waals surface area contributed by atoms with E-state index in [9.17, 15) is 31.1 Å². The Bertz CT molecular complexity index is 1160. The molecule has 1 aromatic heterocycles. The van der Waals surface area contributed by atoms with E-state index in [1.807, 2.05) is 33.0 Å². The molecule has 36 heavy (non-hydrogen) atoms. The summed E-state index contributed by atoms with van der Waals surface area (Å²) >= 11 is 6.16. The van der Waals surface area contributed by atoms with E-state index in [0.717, 1.165) is 12.1 Å². The van der Waals surface area contributed by atoms with E-state index < -0.39 is 35.4 Å². The van der Waals surface area contributed by atoms with Gasteiger partial charge in [-0.3, -0.25) is 4.79 Å². The Morgan fingerprint density at radius 2 is 1.64 bits per heavy atom. The first-order valence-corrected chi connectivity index (χ1v) is 11.8. The maximum absolute atomic E-state index is 13.7. The highest BCUT2D eigenvalue weighted by atomic mass is 35.5. The Morgan fingerprint density at radius 1 is 1.03 bits per heavy atom. The molecule has 11 heteroatoms. The van der Waals surface area contributed by atoms with Gasteiger partial charge in [-0.25, -0.2) is 0 Å². The van der Waals surface area contributed by atoms with Gasteiger partial charge in [0.1, 0.15) is 5.69 Å². The molecular weight excluding hydrogens is 508 g/mol. The predicted molar refractivity (Wildman–Crippen MR) is 131 cm³/mol. The molecule has 4 nitrogen and oxygen atoms in total. The number of halogens is 7. The Labute approximate surface area is 211 Å². The maximum atomic E-state index is 13.7. The highest BCUT2D eigenvalue weighted by Gasteiger charge is 2.43. The fourth-order valence-electron chi connectivity index (χ4n) is 3.47. The van der Waals surface area contributed by atoms with Crippen molar-refractivity contribution >= 4 is 28.4 Å². The molecule has 2 aromatic carbocycles. The first-order valence-electron chi connectivity index (χ1n) is 11.4. The number of nitrogens with one attached hydrogen (secondary N) is 1. The molecule has 0 saturated carbocycles. The molecule has 0 spiro atoms. The van der Waals surface area contributed by atoms with Gasteiger partial charge in [0.05, 0.1) is 11.1 Å². The molecule has 0 aliphatic carbocycles. The van der Waals surface area contributed by atoms with E-state index in [0.29, 0.717) is 33.6 Å². The van der Waals surface area contributed by atoms with E-state index >= 15 is 0 Å². The molecule has 0 aliphatic heterocycles. The lowest BCUT2D eigenvalue weighted by molar-refractivity contribution is -0.156. The maximum Gasteiger partial charge on any atom is 0.416 e. The van der Waals surface area contributed by atoms with Crippen LogP contribution >= 0.6 is 11.6 Å². The van der Waals surface area contributed by atoms with Crippen molar-refractivity contribution in [1.82, 2.24) is 9.88 Å². The summed E-state index contributed by atoms with van der Waals surface area (Å²) in [4.78, 5) is 12.8. The van der Waals surface area contributed by atoms with Crippen LogP contribution in [0.3, 0.4) is 0 Å². The van der Waals surface area contributed by atoms with Crippen LogP contribution in [0.15, 0.2) is 42.5 Å². The number of alkyl halides is 6. The monoisotopic (exact) mass is 537 g/mol.